The third-order valence-corrected chi connectivity index (χ3v) is 2.48. The van der Waals surface area contributed by atoms with Crippen LogP contribution in [0.3, 0.4) is 0 Å². The number of nitrogens with zero attached hydrogens (tertiary/aromatic N) is 1. The molecular formula is C11H18N4O2. The molecular weight excluding hydrogens is 220 g/mol. The molecule has 0 aromatic rings. The van der Waals surface area contributed by atoms with Crippen molar-refractivity contribution in [2.75, 3.05) is 7.05 Å². The van der Waals surface area contributed by atoms with E-state index in [1.54, 1.807) is 7.05 Å². The molecule has 94 valence electrons. The molecule has 0 aromatic carbocycles. The average Bonchev–Trinajstić information content (AvgIpc) is 2.44. The van der Waals surface area contributed by atoms with Crippen molar-refractivity contribution in [1.29, 1.82) is 0 Å². The van der Waals surface area contributed by atoms with Crippen molar-refractivity contribution in [2.24, 2.45) is 5.10 Å². The summed E-state index contributed by atoms with van der Waals surface area (Å²) in [6.07, 6.45) is 5.15. The second-order valence-corrected chi connectivity index (χ2v) is 3.78. The molecule has 1 aliphatic carbocycles. The Kier molecular flexibility index (Phi) is 5.19. The molecule has 1 aliphatic rings. The highest BCUT2D eigenvalue weighted by molar-refractivity contribution is 6.06. The number of rotatable bonds is 4. The lowest BCUT2D eigenvalue weighted by molar-refractivity contribution is -0.119. The SMILES string of the molecule is CN/N=C1\C(NC=O)=CCCC[C@@H]1NC(C)=O. The van der Waals surface area contributed by atoms with Gasteiger partial charge < -0.3 is 16.1 Å². The van der Waals surface area contributed by atoms with Crippen molar-refractivity contribution in [2.45, 2.75) is 32.2 Å². The summed E-state index contributed by atoms with van der Waals surface area (Å²) in [5.41, 5.74) is 4.01. The van der Waals surface area contributed by atoms with E-state index in [1.165, 1.54) is 6.92 Å². The van der Waals surface area contributed by atoms with Crippen LogP contribution in [-0.2, 0) is 9.59 Å². The number of hydrogen-bond donors (Lipinski definition) is 3. The number of carbonyl (C=O) groups is 2. The van der Waals surface area contributed by atoms with E-state index in [0.29, 0.717) is 17.8 Å². The van der Waals surface area contributed by atoms with Crippen LogP contribution in [0, 0.1) is 0 Å². The quantitative estimate of drug-likeness (QED) is 0.471. The molecule has 6 heteroatoms. The first kappa shape index (κ1) is 13.2. The van der Waals surface area contributed by atoms with Gasteiger partial charge in [-0.15, -0.1) is 0 Å². The van der Waals surface area contributed by atoms with Crippen molar-refractivity contribution >= 4 is 18.0 Å². The molecule has 1 rings (SSSR count). The van der Waals surface area contributed by atoms with E-state index in [-0.39, 0.29) is 11.9 Å². The number of nitrogens with one attached hydrogen (secondary N) is 3. The van der Waals surface area contributed by atoms with Gasteiger partial charge in [0.25, 0.3) is 0 Å². The fourth-order valence-electron chi connectivity index (χ4n) is 1.84. The van der Waals surface area contributed by atoms with E-state index < -0.39 is 0 Å². The average molecular weight is 238 g/mol. The summed E-state index contributed by atoms with van der Waals surface area (Å²) in [7, 11) is 1.68. The van der Waals surface area contributed by atoms with E-state index in [2.05, 4.69) is 21.2 Å². The van der Waals surface area contributed by atoms with E-state index in [0.717, 1.165) is 19.3 Å². The van der Waals surface area contributed by atoms with Crippen LogP contribution in [0.5, 0.6) is 0 Å². The first-order chi connectivity index (χ1) is 8.19. The molecule has 0 spiro atoms. The highest BCUT2D eigenvalue weighted by Gasteiger charge is 2.22. The number of amides is 2. The number of hydrazone groups is 1. The van der Waals surface area contributed by atoms with Crippen LogP contribution in [0.1, 0.15) is 26.2 Å². The second kappa shape index (κ2) is 6.67. The largest absolute Gasteiger partial charge is 0.348 e. The molecule has 1 atom stereocenters. The normalized spacial score (nSPS) is 22.4. The summed E-state index contributed by atoms with van der Waals surface area (Å²) < 4.78 is 0. The Bertz CT molecular complexity index is 349. The third kappa shape index (κ3) is 3.90. The highest BCUT2D eigenvalue weighted by Crippen LogP contribution is 2.14. The van der Waals surface area contributed by atoms with E-state index >= 15 is 0 Å². The second-order valence-electron chi connectivity index (χ2n) is 3.78. The molecule has 0 fully saturated rings. The molecule has 6 nitrogen and oxygen atoms in total. The first-order valence-electron chi connectivity index (χ1n) is 5.61. The van der Waals surface area contributed by atoms with E-state index in [4.69, 9.17) is 0 Å². The van der Waals surface area contributed by atoms with Crippen molar-refractivity contribution in [3.8, 4) is 0 Å². The summed E-state index contributed by atoms with van der Waals surface area (Å²) in [6, 6.07) is -0.166. The Labute approximate surface area is 101 Å². The summed E-state index contributed by atoms with van der Waals surface area (Å²) in [6.45, 7) is 1.47. The zero-order valence-corrected chi connectivity index (χ0v) is 10.1. The Morgan fingerprint density at radius 1 is 1.59 bits per heavy atom. The predicted octanol–water partition coefficient (Wildman–Crippen LogP) is -0.120. The van der Waals surface area contributed by atoms with Crippen LogP contribution in [0.4, 0.5) is 0 Å². The maximum absolute atomic E-state index is 11.1. The Hall–Kier alpha value is -1.85. The predicted molar refractivity (Wildman–Crippen MR) is 65.2 cm³/mol. The number of allylic oxidation sites excluding steroid dienone is 1. The Morgan fingerprint density at radius 3 is 2.94 bits per heavy atom. The fraction of sp³-hybridized carbons (Fsp3) is 0.545. The van der Waals surface area contributed by atoms with Gasteiger partial charge in [0.15, 0.2) is 0 Å². The molecule has 0 unspecified atom stereocenters. The van der Waals surface area contributed by atoms with Gasteiger partial charge in [0, 0.05) is 14.0 Å². The summed E-state index contributed by atoms with van der Waals surface area (Å²) in [4.78, 5) is 21.7. The highest BCUT2D eigenvalue weighted by atomic mass is 16.1. The molecule has 0 aliphatic heterocycles. The molecule has 3 N–H and O–H groups in total. The number of carbonyl (C=O) groups excluding carboxylic acids is 2. The maximum Gasteiger partial charge on any atom is 0.217 e. The van der Waals surface area contributed by atoms with Crippen LogP contribution in [0.2, 0.25) is 0 Å². The van der Waals surface area contributed by atoms with Crippen LogP contribution >= 0.6 is 0 Å². The van der Waals surface area contributed by atoms with Gasteiger partial charge >= 0.3 is 0 Å². The molecule has 17 heavy (non-hydrogen) atoms. The number of hydrogen-bond acceptors (Lipinski definition) is 4. The van der Waals surface area contributed by atoms with Crippen molar-refractivity contribution < 1.29 is 9.59 Å². The fourth-order valence-corrected chi connectivity index (χ4v) is 1.84. The molecule has 2 amide bonds. The minimum Gasteiger partial charge on any atom is -0.348 e. The molecule has 0 bridgehead atoms. The van der Waals surface area contributed by atoms with E-state index in [1.807, 2.05) is 6.08 Å². The Morgan fingerprint density at radius 2 is 2.35 bits per heavy atom. The topological polar surface area (TPSA) is 82.6 Å². The van der Waals surface area contributed by atoms with E-state index in [9.17, 15) is 9.59 Å². The molecule has 0 radical (unpaired) electrons. The van der Waals surface area contributed by atoms with Crippen LogP contribution in [-0.4, -0.2) is 31.1 Å². The smallest absolute Gasteiger partial charge is 0.217 e. The van der Waals surface area contributed by atoms with Crippen molar-refractivity contribution in [3.05, 3.63) is 11.8 Å². The molecule has 0 saturated carbocycles. The maximum atomic E-state index is 11.1. The Balaban J connectivity index is 2.95. The summed E-state index contributed by atoms with van der Waals surface area (Å²) in [5, 5.41) is 9.60. The summed E-state index contributed by atoms with van der Waals surface area (Å²) >= 11 is 0. The van der Waals surface area contributed by atoms with Gasteiger partial charge in [-0.1, -0.05) is 6.08 Å². The van der Waals surface area contributed by atoms with Gasteiger partial charge in [-0.3, -0.25) is 9.59 Å². The molecule has 0 aromatic heterocycles. The van der Waals surface area contributed by atoms with Gasteiger partial charge in [-0.05, 0) is 19.3 Å². The van der Waals surface area contributed by atoms with Gasteiger partial charge in [-0.25, -0.2) is 0 Å². The molecule has 0 heterocycles. The van der Waals surface area contributed by atoms with Gasteiger partial charge in [-0.2, -0.15) is 5.10 Å². The monoisotopic (exact) mass is 238 g/mol. The zero-order chi connectivity index (χ0) is 12.7. The molecule has 0 saturated heterocycles. The lowest BCUT2D eigenvalue weighted by Gasteiger charge is -2.19. The van der Waals surface area contributed by atoms with Crippen LogP contribution in [0.25, 0.3) is 0 Å². The van der Waals surface area contributed by atoms with Crippen molar-refractivity contribution in [3.63, 3.8) is 0 Å². The van der Waals surface area contributed by atoms with Crippen LogP contribution in [0.15, 0.2) is 16.9 Å². The first-order valence-corrected chi connectivity index (χ1v) is 5.61. The lowest BCUT2D eigenvalue weighted by atomic mass is 10.1. The zero-order valence-electron chi connectivity index (χ0n) is 10.1. The van der Waals surface area contributed by atoms with Crippen molar-refractivity contribution in [1.82, 2.24) is 16.1 Å². The lowest BCUT2D eigenvalue weighted by Crippen LogP contribution is -2.42. The minimum atomic E-state index is -0.166. The van der Waals surface area contributed by atoms with Gasteiger partial charge in [0.05, 0.1) is 11.7 Å². The minimum absolute atomic E-state index is 0.105. The standard InChI is InChI=1S/C11H18N4O2/c1-8(17)14-10-6-4-3-5-9(13-7-16)11(10)15-12-2/h5,7,10,12H,3-4,6H2,1-2H3,(H,13,16)(H,14,17)/b15-11+/t10-/m0/s1. The summed E-state index contributed by atoms with van der Waals surface area (Å²) in [5.74, 6) is -0.105. The van der Waals surface area contributed by atoms with Gasteiger partial charge in [0.2, 0.25) is 12.3 Å². The van der Waals surface area contributed by atoms with Crippen LogP contribution < -0.4 is 16.1 Å². The van der Waals surface area contributed by atoms with Gasteiger partial charge in [0.1, 0.15) is 5.71 Å². The third-order valence-electron chi connectivity index (χ3n) is 2.48.